The number of benzene rings is 1. The highest BCUT2D eigenvalue weighted by Crippen LogP contribution is 2.16. The van der Waals surface area contributed by atoms with Gasteiger partial charge in [-0.05, 0) is 31.9 Å². The Kier molecular flexibility index (Phi) is 10.8. The summed E-state index contributed by atoms with van der Waals surface area (Å²) in [5.41, 5.74) is 12.1. The van der Waals surface area contributed by atoms with Crippen LogP contribution in [-0.2, 0) is 41.7 Å². The molecule has 2 unspecified atom stereocenters. The maximum atomic E-state index is 13.4. The van der Waals surface area contributed by atoms with Crippen LogP contribution >= 0.6 is 0 Å². The molecule has 0 fully saturated rings. The van der Waals surface area contributed by atoms with Gasteiger partial charge in [0.2, 0.25) is 5.91 Å². The summed E-state index contributed by atoms with van der Waals surface area (Å²) in [6.07, 6.45) is -1.29. The minimum atomic E-state index is -1.31. The number of hydrogen-bond donors (Lipinski definition) is 3. The van der Waals surface area contributed by atoms with Crippen molar-refractivity contribution in [3.8, 4) is 0 Å². The van der Waals surface area contributed by atoms with E-state index in [1.165, 1.54) is 7.11 Å². The Bertz CT molecular complexity index is 821. The molecule has 1 rings (SSSR count). The van der Waals surface area contributed by atoms with Crippen molar-refractivity contribution in [2.75, 3.05) is 20.8 Å². The van der Waals surface area contributed by atoms with Crippen LogP contribution in [-0.4, -0.2) is 67.3 Å². The summed E-state index contributed by atoms with van der Waals surface area (Å²) in [7, 11) is 2.31. The Balaban J connectivity index is 3.30. The van der Waals surface area contributed by atoms with Crippen molar-refractivity contribution in [3.05, 3.63) is 35.4 Å². The molecule has 0 bridgehead atoms. The largest absolute Gasteiger partial charge is 0.469 e. The summed E-state index contributed by atoms with van der Waals surface area (Å²) >= 11 is 0. The van der Waals surface area contributed by atoms with Gasteiger partial charge >= 0.3 is 18.0 Å². The first kappa shape index (κ1) is 27.9. The van der Waals surface area contributed by atoms with Gasteiger partial charge in [-0.2, -0.15) is 0 Å². The number of nitrogens with one attached hydrogen (secondary N) is 1. The standard InChI is InChI=1S/C22H34N4O7/c1-22(2,3)33-21(30)25-16(12-24)19(28)26(13-15-8-6-14(11-23)7-9-15)17(20(29)32-5)10-18(27)31-4/h6-9,16-17H,10-13,23-24H2,1-5H3,(H,25,30). The van der Waals surface area contributed by atoms with Gasteiger partial charge in [0.05, 0.1) is 20.6 Å². The fraction of sp³-hybridized carbons (Fsp3) is 0.545. The first-order chi connectivity index (χ1) is 15.4. The Hall–Kier alpha value is -3.18. The summed E-state index contributed by atoms with van der Waals surface area (Å²) in [6.45, 7) is 5.03. The van der Waals surface area contributed by atoms with Crippen molar-refractivity contribution >= 4 is 23.9 Å². The lowest BCUT2D eigenvalue weighted by Gasteiger charge is -2.33. The third-order valence-electron chi connectivity index (χ3n) is 4.56. The maximum Gasteiger partial charge on any atom is 0.408 e. The molecule has 2 amide bonds. The zero-order valence-electron chi connectivity index (χ0n) is 19.8. The molecule has 0 saturated carbocycles. The van der Waals surface area contributed by atoms with Gasteiger partial charge in [0.25, 0.3) is 0 Å². The number of hydrogen-bond acceptors (Lipinski definition) is 9. The number of carbonyl (C=O) groups is 4. The van der Waals surface area contributed by atoms with E-state index in [4.69, 9.17) is 20.9 Å². The molecule has 0 aliphatic rings. The Labute approximate surface area is 193 Å². The Morgan fingerprint density at radius 1 is 1.00 bits per heavy atom. The number of ether oxygens (including phenoxy) is 3. The number of rotatable bonds is 10. The van der Waals surface area contributed by atoms with Crippen LogP contribution in [0.3, 0.4) is 0 Å². The molecule has 1 aromatic rings. The fourth-order valence-electron chi connectivity index (χ4n) is 2.89. The van der Waals surface area contributed by atoms with E-state index >= 15 is 0 Å². The molecule has 0 aliphatic heterocycles. The molecule has 184 valence electrons. The van der Waals surface area contributed by atoms with E-state index in [9.17, 15) is 19.2 Å². The Morgan fingerprint density at radius 2 is 1.58 bits per heavy atom. The second-order valence-corrected chi connectivity index (χ2v) is 8.24. The molecular formula is C22H34N4O7. The second kappa shape index (κ2) is 12.8. The highest BCUT2D eigenvalue weighted by atomic mass is 16.6. The predicted octanol–water partition coefficient (Wildman–Crippen LogP) is 0.431. The monoisotopic (exact) mass is 466 g/mol. The molecule has 0 aromatic heterocycles. The molecule has 5 N–H and O–H groups in total. The van der Waals surface area contributed by atoms with Gasteiger partial charge in [-0.25, -0.2) is 9.59 Å². The van der Waals surface area contributed by atoms with E-state index in [1.54, 1.807) is 45.0 Å². The molecular weight excluding hydrogens is 432 g/mol. The van der Waals surface area contributed by atoms with Crippen molar-refractivity contribution in [2.24, 2.45) is 11.5 Å². The second-order valence-electron chi connectivity index (χ2n) is 8.24. The van der Waals surface area contributed by atoms with Crippen LogP contribution in [0.5, 0.6) is 0 Å². The van der Waals surface area contributed by atoms with Crippen molar-refractivity contribution in [3.63, 3.8) is 0 Å². The maximum absolute atomic E-state index is 13.4. The molecule has 1 aromatic carbocycles. The predicted molar refractivity (Wildman–Crippen MR) is 120 cm³/mol. The van der Waals surface area contributed by atoms with Crippen LogP contribution in [0.4, 0.5) is 4.79 Å². The number of methoxy groups -OCH3 is 2. The topological polar surface area (TPSA) is 163 Å². The minimum absolute atomic E-state index is 0.0626. The van der Waals surface area contributed by atoms with Crippen LogP contribution in [0, 0.1) is 0 Å². The molecule has 0 saturated heterocycles. The summed E-state index contributed by atoms with van der Waals surface area (Å²) < 4.78 is 14.7. The van der Waals surface area contributed by atoms with Gasteiger partial charge in [0.15, 0.2) is 0 Å². The SMILES string of the molecule is COC(=O)CC(C(=O)OC)N(Cc1ccc(CN)cc1)C(=O)C(CN)NC(=O)OC(C)(C)C. The highest BCUT2D eigenvalue weighted by Gasteiger charge is 2.37. The number of carbonyl (C=O) groups excluding carboxylic acids is 4. The number of esters is 2. The lowest BCUT2D eigenvalue weighted by molar-refractivity contribution is -0.158. The van der Waals surface area contributed by atoms with Gasteiger partial charge in [-0.3, -0.25) is 9.59 Å². The van der Waals surface area contributed by atoms with E-state index in [2.05, 4.69) is 10.1 Å². The summed E-state index contributed by atoms with van der Waals surface area (Å²) in [6, 6.07) is 4.53. The van der Waals surface area contributed by atoms with Gasteiger partial charge in [0, 0.05) is 19.6 Å². The summed E-state index contributed by atoms with van der Waals surface area (Å²) in [5, 5.41) is 2.42. The quantitative estimate of drug-likeness (QED) is 0.328. The van der Waals surface area contributed by atoms with Crippen LogP contribution in [0.2, 0.25) is 0 Å². The third-order valence-corrected chi connectivity index (χ3v) is 4.56. The van der Waals surface area contributed by atoms with Gasteiger partial charge in [-0.1, -0.05) is 24.3 Å². The molecule has 2 atom stereocenters. The lowest BCUT2D eigenvalue weighted by Crippen LogP contribution is -2.57. The molecule has 33 heavy (non-hydrogen) atoms. The van der Waals surface area contributed by atoms with Crippen LogP contribution in [0.25, 0.3) is 0 Å². The summed E-state index contributed by atoms with van der Waals surface area (Å²) in [5.74, 6) is -2.22. The smallest absolute Gasteiger partial charge is 0.408 e. The van der Waals surface area contributed by atoms with Crippen molar-refractivity contribution in [2.45, 2.75) is 58.0 Å². The molecule has 11 heteroatoms. The third kappa shape index (κ3) is 9.07. The molecule has 0 radical (unpaired) electrons. The average Bonchev–Trinajstić information content (AvgIpc) is 2.77. The summed E-state index contributed by atoms with van der Waals surface area (Å²) in [4.78, 5) is 51.3. The molecule has 0 spiro atoms. The number of nitrogens with two attached hydrogens (primary N) is 2. The van der Waals surface area contributed by atoms with Gasteiger partial charge in [-0.15, -0.1) is 0 Å². The van der Waals surface area contributed by atoms with Crippen LogP contribution in [0.15, 0.2) is 24.3 Å². The first-order valence-corrected chi connectivity index (χ1v) is 10.4. The molecule has 11 nitrogen and oxygen atoms in total. The Morgan fingerprint density at radius 3 is 2.03 bits per heavy atom. The number of alkyl carbamates (subject to hydrolysis) is 1. The zero-order valence-corrected chi connectivity index (χ0v) is 19.8. The molecule has 0 heterocycles. The molecule has 0 aliphatic carbocycles. The van der Waals surface area contributed by atoms with Crippen LogP contribution < -0.4 is 16.8 Å². The first-order valence-electron chi connectivity index (χ1n) is 10.4. The van der Waals surface area contributed by atoms with E-state index in [0.717, 1.165) is 17.6 Å². The zero-order chi connectivity index (χ0) is 25.2. The van der Waals surface area contributed by atoms with E-state index in [0.29, 0.717) is 12.1 Å². The normalized spacial score (nSPS) is 12.8. The van der Waals surface area contributed by atoms with E-state index in [-0.39, 0.29) is 13.1 Å². The van der Waals surface area contributed by atoms with E-state index in [1.807, 2.05) is 0 Å². The van der Waals surface area contributed by atoms with Crippen molar-refractivity contribution < 1.29 is 33.4 Å². The van der Waals surface area contributed by atoms with E-state index < -0.39 is 48.0 Å². The van der Waals surface area contributed by atoms with Crippen LogP contribution in [0.1, 0.15) is 38.3 Å². The average molecular weight is 467 g/mol. The van der Waals surface area contributed by atoms with Gasteiger partial charge in [0.1, 0.15) is 17.7 Å². The highest BCUT2D eigenvalue weighted by molar-refractivity contribution is 5.91. The lowest BCUT2D eigenvalue weighted by atomic mass is 10.1. The van der Waals surface area contributed by atoms with Crippen molar-refractivity contribution in [1.29, 1.82) is 0 Å². The minimum Gasteiger partial charge on any atom is -0.469 e. The van der Waals surface area contributed by atoms with Crippen molar-refractivity contribution in [1.82, 2.24) is 10.2 Å². The fourth-order valence-corrected chi connectivity index (χ4v) is 2.89. The number of amides is 2. The number of nitrogens with zero attached hydrogens (tertiary/aromatic N) is 1. The van der Waals surface area contributed by atoms with Gasteiger partial charge < -0.3 is 35.9 Å².